The first kappa shape index (κ1) is 9.25. The van der Waals surface area contributed by atoms with E-state index >= 15 is 0 Å². The Hall–Kier alpha value is -1.84. The molecule has 0 radical (unpaired) electrons. The SMILES string of the molecule is CC(=O)c1ccccc1C(=O)N=O. The molecule has 66 valence electrons. The largest absolute Gasteiger partial charge is 0.317 e. The van der Waals surface area contributed by atoms with Gasteiger partial charge in [-0.25, -0.2) is 0 Å². The summed E-state index contributed by atoms with van der Waals surface area (Å²) in [5, 5.41) is 2.26. The number of nitroso groups, excluding NO2 is 1. The fraction of sp³-hybridized carbons (Fsp3) is 0.111. The van der Waals surface area contributed by atoms with Crippen molar-refractivity contribution in [1.29, 1.82) is 0 Å². The van der Waals surface area contributed by atoms with E-state index in [0.717, 1.165) is 0 Å². The third-order valence-electron chi connectivity index (χ3n) is 1.62. The molecule has 0 fully saturated rings. The molecule has 1 amide bonds. The average Bonchev–Trinajstić information content (AvgIpc) is 2.16. The van der Waals surface area contributed by atoms with Gasteiger partial charge in [-0.05, 0) is 13.0 Å². The van der Waals surface area contributed by atoms with Gasteiger partial charge in [0.05, 0.1) is 5.56 Å². The number of hydrogen-bond acceptors (Lipinski definition) is 3. The van der Waals surface area contributed by atoms with Gasteiger partial charge in [-0.2, -0.15) is 0 Å². The van der Waals surface area contributed by atoms with Crippen molar-refractivity contribution in [1.82, 2.24) is 0 Å². The highest BCUT2D eigenvalue weighted by molar-refractivity contribution is 6.07. The van der Waals surface area contributed by atoms with Gasteiger partial charge < -0.3 is 0 Å². The predicted octanol–water partition coefficient (Wildman–Crippen LogP) is 1.80. The molecular weight excluding hydrogens is 170 g/mol. The number of amides is 1. The van der Waals surface area contributed by atoms with Gasteiger partial charge in [0.15, 0.2) is 5.78 Å². The molecule has 13 heavy (non-hydrogen) atoms. The number of carbonyl (C=O) groups excluding carboxylic acids is 2. The first-order chi connectivity index (χ1) is 6.16. The van der Waals surface area contributed by atoms with E-state index in [1.165, 1.54) is 19.1 Å². The molecule has 0 bridgehead atoms. The zero-order valence-corrected chi connectivity index (χ0v) is 6.98. The molecule has 0 unspecified atom stereocenters. The lowest BCUT2D eigenvalue weighted by molar-refractivity contribution is 0.0974. The second-order valence-electron chi connectivity index (χ2n) is 2.50. The van der Waals surface area contributed by atoms with Crippen LogP contribution in [0.3, 0.4) is 0 Å². The molecule has 1 rings (SSSR count). The van der Waals surface area contributed by atoms with E-state index < -0.39 is 5.91 Å². The third kappa shape index (κ3) is 1.84. The van der Waals surface area contributed by atoms with E-state index in [2.05, 4.69) is 5.18 Å². The highest BCUT2D eigenvalue weighted by Crippen LogP contribution is 2.10. The second-order valence-corrected chi connectivity index (χ2v) is 2.50. The summed E-state index contributed by atoms with van der Waals surface area (Å²) in [6.07, 6.45) is 0. The number of benzene rings is 1. The van der Waals surface area contributed by atoms with Crippen molar-refractivity contribution in [2.45, 2.75) is 6.92 Å². The number of hydrogen-bond donors (Lipinski definition) is 0. The van der Waals surface area contributed by atoms with Crippen molar-refractivity contribution in [2.24, 2.45) is 5.18 Å². The van der Waals surface area contributed by atoms with Gasteiger partial charge in [0.25, 0.3) is 0 Å². The minimum atomic E-state index is -0.911. The molecule has 0 heterocycles. The van der Waals surface area contributed by atoms with Crippen molar-refractivity contribution in [3.63, 3.8) is 0 Å². The van der Waals surface area contributed by atoms with Crippen LogP contribution in [0, 0.1) is 4.91 Å². The molecular formula is C9H7NO3. The van der Waals surface area contributed by atoms with E-state index in [9.17, 15) is 14.5 Å². The van der Waals surface area contributed by atoms with Crippen molar-refractivity contribution in [3.05, 3.63) is 40.3 Å². The molecule has 4 nitrogen and oxygen atoms in total. The minimum absolute atomic E-state index is 0.0602. The van der Waals surface area contributed by atoms with Crippen LogP contribution in [-0.2, 0) is 0 Å². The molecule has 0 N–H and O–H groups in total. The van der Waals surface area contributed by atoms with Crippen molar-refractivity contribution in [3.8, 4) is 0 Å². The van der Waals surface area contributed by atoms with Gasteiger partial charge in [0.2, 0.25) is 0 Å². The summed E-state index contributed by atoms with van der Waals surface area (Å²) in [5.74, 6) is -1.17. The molecule has 1 aromatic rings. The highest BCUT2D eigenvalue weighted by Gasteiger charge is 2.13. The molecule has 0 saturated carbocycles. The van der Waals surface area contributed by atoms with Gasteiger partial charge in [0, 0.05) is 10.7 Å². The van der Waals surface area contributed by atoms with Crippen LogP contribution < -0.4 is 0 Å². The molecule has 0 aliphatic carbocycles. The maximum Gasteiger partial charge on any atom is 0.317 e. The van der Waals surface area contributed by atoms with Crippen LogP contribution in [0.15, 0.2) is 29.4 Å². The molecule has 4 heteroatoms. The molecule has 0 spiro atoms. The second kappa shape index (κ2) is 3.71. The first-order valence-electron chi connectivity index (χ1n) is 3.64. The summed E-state index contributed by atoms with van der Waals surface area (Å²) in [4.78, 5) is 31.9. The maximum atomic E-state index is 11.0. The molecule has 0 saturated heterocycles. The Morgan fingerprint density at radius 1 is 1.15 bits per heavy atom. The van der Waals surface area contributed by atoms with E-state index in [4.69, 9.17) is 0 Å². The Morgan fingerprint density at radius 3 is 2.15 bits per heavy atom. The molecule has 0 aliphatic heterocycles. The van der Waals surface area contributed by atoms with Gasteiger partial charge in [-0.3, -0.25) is 9.59 Å². The molecule has 0 aliphatic rings. The highest BCUT2D eigenvalue weighted by atomic mass is 16.3. The van der Waals surface area contributed by atoms with Crippen LogP contribution in [0.1, 0.15) is 27.6 Å². The van der Waals surface area contributed by atoms with E-state index in [1.54, 1.807) is 12.1 Å². The summed E-state index contributed by atoms with van der Waals surface area (Å²) in [5.41, 5.74) is 0.289. The molecule has 1 aromatic carbocycles. The normalized spacial score (nSPS) is 9.31. The number of nitrogens with zero attached hydrogens (tertiary/aromatic N) is 1. The van der Waals surface area contributed by atoms with Gasteiger partial charge in [-0.15, -0.1) is 4.91 Å². The Labute approximate surface area is 74.5 Å². The standard InChI is InChI=1S/C9H7NO3/c1-6(11)7-4-2-3-5-8(7)9(12)10-13/h2-5H,1H3. The third-order valence-corrected chi connectivity index (χ3v) is 1.62. The van der Waals surface area contributed by atoms with Crippen molar-refractivity contribution >= 4 is 11.7 Å². The van der Waals surface area contributed by atoms with Gasteiger partial charge in [-0.1, -0.05) is 18.2 Å². The van der Waals surface area contributed by atoms with Gasteiger partial charge >= 0.3 is 5.91 Å². The first-order valence-corrected chi connectivity index (χ1v) is 3.64. The summed E-state index contributed by atoms with van der Waals surface area (Å²) < 4.78 is 0. The topological polar surface area (TPSA) is 63.6 Å². The number of carbonyl (C=O) groups is 2. The maximum absolute atomic E-state index is 11.0. The molecule has 0 atom stereocenters. The monoisotopic (exact) mass is 177 g/mol. The van der Waals surface area contributed by atoms with Gasteiger partial charge in [0.1, 0.15) is 0 Å². The number of Topliss-reactive ketones (excluding diaryl/α,β-unsaturated/α-hetero) is 1. The summed E-state index contributed by atoms with van der Waals surface area (Å²) in [6.45, 7) is 1.33. The van der Waals surface area contributed by atoms with Crippen molar-refractivity contribution in [2.75, 3.05) is 0 Å². The fourth-order valence-electron chi connectivity index (χ4n) is 1.03. The number of rotatable bonds is 2. The van der Waals surface area contributed by atoms with E-state index in [1.807, 2.05) is 0 Å². The molecule has 0 aromatic heterocycles. The summed E-state index contributed by atoms with van der Waals surface area (Å²) in [7, 11) is 0. The zero-order chi connectivity index (χ0) is 9.84. The summed E-state index contributed by atoms with van der Waals surface area (Å²) >= 11 is 0. The Morgan fingerprint density at radius 2 is 1.69 bits per heavy atom. The smallest absolute Gasteiger partial charge is 0.294 e. The van der Waals surface area contributed by atoms with E-state index in [-0.39, 0.29) is 16.9 Å². The average molecular weight is 177 g/mol. The van der Waals surface area contributed by atoms with E-state index in [0.29, 0.717) is 0 Å². The fourth-order valence-corrected chi connectivity index (χ4v) is 1.03. The van der Waals surface area contributed by atoms with Crippen LogP contribution in [0.2, 0.25) is 0 Å². The Balaban J connectivity index is 3.27. The zero-order valence-electron chi connectivity index (χ0n) is 6.98. The van der Waals surface area contributed by atoms with Crippen LogP contribution in [-0.4, -0.2) is 11.7 Å². The van der Waals surface area contributed by atoms with Crippen molar-refractivity contribution < 1.29 is 9.59 Å². The lowest BCUT2D eigenvalue weighted by atomic mass is 10.0. The Kier molecular flexibility index (Phi) is 2.64. The number of ketones is 1. The summed E-state index contributed by atoms with van der Waals surface area (Å²) in [6, 6.07) is 6.09. The van der Waals surface area contributed by atoms with Crippen LogP contribution in [0.25, 0.3) is 0 Å². The minimum Gasteiger partial charge on any atom is -0.294 e. The Bertz CT molecular complexity index is 371. The lowest BCUT2D eigenvalue weighted by Gasteiger charge is -1.99. The predicted molar refractivity (Wildman–Crippen MR) is 46.6 cm³/mol. The van der Waals surface area contributed by atoms with Crippen LogP contribution in [0.4, 0.5) is 0 Å². The quantitative estimate of drug-likeness (QED) is 0.511. The van der Waals surface area contributed by atoms with Crippen LogP contribution in [0.5, 0.6) is 0 Å². The van der Waals surface area contributed by atoms with Crippen LogP contribution >= 0.6 is 0 Å². The lowest BCUT2D eigenvalue weighted by Crippen LogP contribution is -2.03.